The predicted octanol–water partition coefficient (Wildman–Crippen LogP) is 4.48. The van der Waals surface area contributed by atoms with Crippen LogP contribution >= 0.6 is 0 Å². The van der Waals surface area contributed by atoms with E-state index < -0.39 is 0 Å². The molecule has 0 saturated carbocycles. The number of pyridine rings is 1. The summed E-state index contributed by atoms with van der Waals surface area (Å²) < 4.78 is 11.4. The minimum absolute atomic E-state index is 0.407. The third-order valence-corrected chi connectivity index (χ3v) is 3.42. The average Bonchev–Trinajstić information content (AvgIpc) is 3.08. The molecule has 19 heavy (non-hydrogen) atoms. The molecule has 0 amide bonds. The molecule has 0 N–H and O–H groups in total. The van der Waals surface area contributed by atoms with Gasteiger partial charge in [0.25, 0.3) is 0 Å². The van der Waals surface area contributed by atoms with Crippen LogP contribution in [0.5, 0.6) is 0 Å². The summed E-state index contributed by atoms with van der Waals surface area (Å²) in [5.74, 6) is 1.89. The first kappa shape index (κ1) is 14.1. The second kappa shape index (κ2) is 6.20. The Kier molecular flexibility index (Phi) is 4.59. The molecule has 0 aromatic carbocycles. The standard InChI is InChI=1S/C14H17NO2.C2H6/c1-9(2)11-3-5-15-12-7-13(17-14(11)12)10-4-6-16-8-10;1-2/h3,5,7,9-10H,4,6,8H2,1-2H3;1-2H3. The van der Waals surface area contributed by atoms with Crippen LogP contribution in [0.3, 0.4) is 0 Å². The monoisotopic (exact) mass is 261 g/mol. The molecule has 3 heteroatoms. The van der Waals surface area contributed by atoms with Crippen LogP contribution in [0.2, 0.25) is 0 Å². The van der Waals surface area contributed by atoms with E-state index in [1.807, 2.05) is 26.1 Å². The Morgan fingerprint density at radius 2 is 2.11 bits per heavy atom. The highest BCUT2D eigenvalue weighted by Gasteiger charge is 2.22. The second-order valence-electron chi connectivity index (χ2n) is 4.98. The molecule has 104 valence electrons. The molecule has 3 nitrogen and oxygen atoms in total. The summed E-state index contributed by atoms with van der Waals surface area (Å²) in [7, 11) is 0. The Labute approximate surface area is 115 Å². The molecule has 1 saturated heterocycles. The summed E-state index contributed by atoms with van der Waals surface area (Å²) in [4.78, 5) is 4.38. The van der Waals surface area contributed by atoms with Crippen LogP contribution < -0.4 is 0 Å². The fraction of sp³-hybridized carbons (Fsp3) is 0.562. The number of furan rings is 1. The van der Waals surface area contributed by atoms with Crippen molar-refractivity contribution in [1.82, 2.24) is 4.98 Å². The van der Waals surface area contributed by atoms with Crippen molar-refractivity contribution in [3.63, 3.8) is 0 Å². The van der Waals surface area contributed by atoms with E-state index in [0.29, 0.717) is 11.8 Å². The van der Waals surface area contributed by atoms with Gasteiger partial charge in [-0.2, -0.15) is 0 Å². The maximum Gasteiger partial charge on any atom is 0.156 e. The largest absolute Gasteiger partial charge is 0.459 e. The molecule has 1 aliphatic heterocycles. The van der Waals surface area contributed by atoms with Crippen molar-refractivity contribution in [2.75, 3.05) is 13.2 Å². The minimum Gasteiger partial charge on any atom is -0.459 e. The van der Waals surface area contributed by atoms with Crippen LogP contribution in [0.15, 0.2) is 22.7 Å². The first-order valence-electron chi connectivity index (χ1n) is 7.22. The molecule has 0 spiro atoms. The molecule has 2 aromatic heterocycles. The van der Waals surface area contributed by atoms with Gasteiger partial charge < -0.3 is 9.15 Å². The lowest BCUT2D eigenvalue weighted by molar-refractivity contribution is 0.191. The van der Waals surface area contributed by atoms with E-state index in [0.717, 1.165) is 36.5 Å². The van der Waals surface area contributed by atoms with Crippen molar-refractivity contribution in [3.05, 3.63) is 29.7 Å². The van der Waals surface area contributed by atoms with Crippen molar-refractivity contribution < 1.29 is 9.15 Å². The first-order chi connectivity index (χ1) is 9.25. The third-order valence-electron chi connectivity index (χ3n) is 3.42. The molecule has 1 fully saturated rings. The zero-order valence-corrected chi connectivity index (χ0v) is 12.3. The zero-order valence-electron chi connectivity index (χ0n) is 12.3. The molecule has 3 rings (SSSR count). The maximum absolute atomic E-state index is 6.00. The predicted molar refractivity (Wildman–Crippen MR) is 77.6 cm³/mol. The number of hydrogen-bond acceptors (Lipinski definition) is 3. The summed E-state index contributed by atoms with van der Waals surface area (Å²) in [6.45, 7) is 9.97. The Bertz CT molecular complexity index is 525. The first-order valence-corrected chi connectivity index (χ1v) is 7.22. The van der Waals surface area contributed by atoms with E-state index in [-0.39, 0.29) is 0 Å². The average molecular weight is 261 g/mol. The SMILES string of the molecule is CC.CC(C)c1ccnc2cc(C3CCOC3)oc12. The Hall–Kier alpha value is -1.35. The van der Waals surface area contributed by atoms with Crippen molar-refractivity contribution in [1.29, 1.82) is 0 Å². The Balaban J connectivity index is 0.000000637. The van der Waals surface area contributed by atoms with Crippen LogP contribution in [-0.2, 0) is 4.74 Å². The summed E-state index contributed by atoms with van der Waals surface area (Å²) in [5, 5.41) is 0. The van der Waals surface area contributed by atoms with E-state index in [2.05, 4.69) is 24.9 Å². The number of rotatable bonds is 2. The summed E-state index contributed by atoms with van der Waals surface area (Å²) in [6.07, 6.45) is 2.92. The van der Waals surface area contributed by atoms with Gasteiger partial charge in [0.05, 0.1) is 6.61 Å². The highest BCUT2D eigenvalue weighted by molar-refractivity contribution is 5.77. The number of ether oxygens (including phenoxy) is 1. The molecule has 3 heterocycles. The van der Waals surface area contributed by atoms with E-state index >= 15 is 0 Å². The van der Waals surface area contributed by atoms with Gasteiger partial charge in [-0.05, 0) is 18.4 Å². The maximum atomic E-state index is 6.00. The highest BCUT2D eigenvalue weighted by atomic mass is 16.5. The van der Waals surface area contributed by atoms with Crippen LogP contribution in [0.4, 0.5) is 0 Å². The molecular weight excluding hydrogens is 238 g/mol. The normalized spacial score (nSPS) is 18.7. The second-order valence-corrected chi connectivity index (χ2v) is 4.98. The van der Waals surface area contributed by atoms with Gasteiger partial charge in [-0.3, -0.25) is 4.98 Å². The lowest BCUT2D eigenvalue weighted by Crippen LogP contribution is -1.94. The summed E-state index contributed by atoms with van der Waals surface area (Å²) >= 11 is 0. The summed E-state index contributed by atoms with van der Waals surface area (Å²) in [5.41, 5.74) is 3.16. The molecule has 1 atom stereocenters. The van der Waals surface area contributed by atoms with Gasteiger partial charge in [-0.15, -0.1) is 0 Å². The smallest absolute Gasteiger partial charge is 0.156 e. The van der Waals surface area contributed by atoms with E-state index in [1.54, 1.807) is 0 Å². The van der Waals surface area contributed by atoms with E-state index in [4.69, 9.17) is 9.15 Å². The Morgan fingerprint density at radius 1 is 1.32 bits per heavy atom. The van der Waals surface area contributed by atoms with Crippen LogP contribution in [-0.4, -0.2) is 18.2 Å². The quantitative estimate of drug-likeness (QED) is 0.799. The molecule has 2 aromatic rings. The van der Waals surface area contributed by atoms with E-state index in [1.165, 1.54) is 5.56 Å². The Morgan fingerprint density at radius 3 is 2.74 bits per heavy atom. The third kappa shape index (κ3) is 2.81. The number of hydrogen-bond donors (Lipinski definition) is 0. The van der Waals surface area contributed by atoms with Crippen LogP contribution in [0, 0.1) is 0 Å². The zero-order chi connectivity index (χ0) is 13.8. The van der Waals surface area contributed by atoms with Gasteiger partial charge in [0.2, 0.25) is 0 Å². The highest BCUT2D eigenvalue weighted by Crippen LogP contribution is 2.32. The number of aromatic nitrogens is 1. The van der Waals surface area contributed by atoms with Gasteiger partial charge in [-0.25, -0.2) is 0 Å². The topological polar surface area (TPSA) is 35.3 Å². The molecular formula is C16H23NO2. The molecule has 0 radical (unpaired) electrons. The van der Waals surface area contributed by atoms with Gasteiger partial charge in [0.15, 0.2) is 5.58 Å². The fourth-order valence-electron chi connectivity index (χ4n) is 2.39. The van der Waals surface area contributed by atoms with Crippen molar-refractivity contribution in [3.8, 4) is 0 Å². The lowest BCUT2D eigenvalue weighted by atomic mass is 10.0. The van der Waals surface area contributed by atoms with Crippen LogP contribution in [0.1, 0.15) is 57.3 Å². The molecule has 1 unspecified atom stereocenters. The van der Waals surface area contributed by atoms with Gasteiger partial charge in [-0.1, -0.05) is 27.7 Å². The molecule has 0 aliphatic carbocycles. The van der Waals surface area contributed by atoms with Gasteiger partial charge in [0, 0.05) is 30.4 Å². The molecule has 1 aliphatic rings. The van der Waals surface area contributed by atoms with Crippen molar-refractivity contribution in [2.45, 2.75) is 46.0 Å². The lowest BCUT2D eigenvalue weighted by Gasteiger charge is -2.05. The van der Waals surface area contributed by atoms with E-state index in [9.17, 15) is 0 Å². The van der Waals surface area contributed by atoms with Gasteiger partial charge in [0.1, 0.15) is 11.3 Å². The number of fused-ring (bicyclic) bond motifs is 1. The van der Waals surface area contributed by atoms with Crippen molar-refractivity contribution in [2.24, 2.45) is 0 Å². The molecule has 0 bridgehead atoms. The minimum atomic E-state index is 0.407. The van der Waals surface area contributed by atoms with Crippen LogP contribution in [0.25, 0.3) is 11.1 Å². The number of nitrogens with zero attached hydrogens (tertiary/aromatic N) is 1. The van der Waals surface area contributed by atoms with Crippen molar-refractivity contribution >= 4 is 11.1 Å². The fourth-order valence-corrected chi connectivity index (χ4v) is 2.39. The van der Waals surface area contributed by atoms with Gasteiger partial charge >= 0.3 is 0 Å². The summed E-state index contributed by atoms with van der Waals surface area (Å²) in [6, 6.07) is 4.12.